The standard InChI is InChI=1S/C44H47F3N4O3/c1-7-9-23-51(24-10-8-2)36-22-21-31(39(25-36)52-5)19-20-33-27-42(3,4)26-32(40(33)53-6)15-14-18-38-37(30-50)41(34(28-48)29-49)54-43(38,44(45,46)47)35-16-12-11-13-17-35/h11-22,25H,7-10,23-24,26-27H2,1-6H3/b18-14+,20-19+,32-15+. The number of nitrogens with zero attached hydrogens (tertiary/aromatic N) is 4. The van der Waals surface area contributed by atoms with Crippen molar-refractivity contribution in [2.45, 2.75) is 78.0 Å². The lowest BCUT2D eigenvalue weighted by Gasteiger charge is -2.34. The number of rotatable bonds is 14. The van der Waals surface area contributed by atoms with Crippen LogP contribution in [0.1, 0.15) is 77.3 Å². The van der Waals surface area contributed by atoms with E-state index in [0.717, 1.165) is 66.9 Å². The second-order valence-electron chi connectivity index (χ2n) is 14.1. The summed E-state index contributed by atoms with van der Waals surface area (Å²) in [6.45, 7) is 10.5. The molecule has 0 radical (unpaired) electrons. The maximum Gasteiger partial charge on any atom is 0.437 e. The van der Waals surface area contributed by atoms with Gasteiger partial charge in [0.25, 0.3) is 5.60 Å². The third-order valence-electron chi connectivity index (χ3n) is 9.57. The van der Waals surface area contributed by atoms with Crippen molar-refractivity contribution in [3.8, 4) is 24.0 Å². The lowest BCUT2D eigenvalue weighted by molar-refractivity contribution is -0.249. The van der Waals surface area contributed by atoms with Crippen molar-refractivity contribution in [2.24, 2.45) is 5.41 Å². The van der Waals surface area contributed by atoms with Crippen LogP contribution in [0.4, 0.5) is 18.9 Å². The first-order chi connectivity index (χ1) is 25.8. The fourth-order valence-electron chi connectivity index (χ4n) is 6.98. The normalized spacial score (nSPS) is 19.1. The molecule has 2 aromatic rings. The molecule has 54 heavy (non-hydrogen) atoms. The predicted molar refractivity (Wildman–Crippen MR) is 204 cm³/mol. The van der Waals surface area contributed by atoms with Crippen LogP contribution < -0.4 is 9.64 Å². The summed E-state index contributed by atoms with van der Waals surface area (Å²) in [6, 6.07) is 18.0. The maximum atomic E-state index is 15.2. The molecule has 0 N–H and O–H groups in total. The summed E-state index contributed by atoms with van der Waals surface area (Å²) >= 11 is 0. The van der Waals surface area contributed by atoms with Gasteiger partial charge in [0.05, 0.1) is 14.2 Å². The van der Waals surface area contributed by atoms with Crippen LogP contribution in [0, 0.1) is 39.4 Å². The molecule has 0 saturated carbocycles. The van der Waals surface area contributed by atoms with E-state index in [1.165, 1.54) is 36.4 Å². The highest BCUT2D eigenvalue weighted by Gasteiger charge is 2.65. The molecule has 0 spiro atoms. The largest absolute Gasteiger partial charge is 0.496 e. The number of halogens is 3. The summed E-state index contributed by atoms with van der Waals surface area (Å²) in [5.41, 5.74) is -1.82. The molecule has 0 bridgehead atoms. The van der Waals surface area contributed by atoms with Gasteiger partial charge < -0.3 is 19.1 Å². The van der Waals surface area contributed by atoms with E-state index in [4.69, 9.17) is 14.2 Å². The summed E-state index contributed by atoms with van der Waals surface area (Å²) in [5, 5.41) is 29.2. The van der Waals surface area contributed by atoms with Gasteiger partial charge in [-0.3, -0.25) is 0 Å². The Bertz CT molecular complexity index is 1980. The highest BCUT2D eigenvalue weighted by Crippen LogP contribution is 2.56. The minimum atomic E-state index is -5.08. The molecule has 10 heteroatoms. The minimum absolute atomic E-state index is 0.230. The zero-order chi connectivity index (χ0) is 39.5. The average Bonchev–Trinajstić information content (AvgIpc) is 3.49. The van der Waals surface area contributed by atoms with Gasteiger partial charge in [0.1, 0.15) is 35.3 Å². The molecule has 282 valence electrons. The number of hydrogen-bond donors (Lipinski definition) is 0. The van der Waals surface area contributed by atoms with E-state index in [2.05, 4.69) is 44.7 Å². The van der Waals surface area contributed by atoms with Crippen LogP contribution in [0.2, 0.25) is 0 Å². The number of hydrogen-bond acceptors (Lipinski definition) is 7. The molecule has 1 heterocycles. The number of alkyl halides is 3. The van der Waals surface area contributed by atoms with Crippen molar-refractivity contribution in [1.29, 1.82) is 15.8 Å². The van der Waals surface area contributed by atoms with Gasteiger partial charge in [-0.2, -0.15) is 29.0 Å². The molecule has 7 nitrogen and oxygen atoms in total. The maximum absolute atomic E-state index is 15.2. The minimum Gasteiger partial charge on any atom is -0.496 e. The fourth-order valence-corrected chi connectivity index (χ4v) is 6.98. The number of benzene rings is 2. The second kappa shape index (κ2) is 17.9. The van der Waals surface area contributed by atoms with Gasteiger partial charge in [-0.15, -0.1) is 0 Å². The summed E-state index contributed by atoms with van der Waals surface area (Å²) in [7, 11) is 3.22. The molecule has 0 aromatic heterocycles. The zero-order valence-corrected chi connectivity index (χ0v) is 31.8. The Labute approximate surface area is 317 Å². The number of unbranched alkanes of at least 4 members (excludes halogenated alkanes) is 2. The van der Waals surface area contributed by atoms with Crippen molar-refractivity contribution >= 4 is 11.8 Å². The van der Waals surface area contributed by atoms with Gasteiger partial charge in [0, 0.05) is 41.5 Å². The third kappa shape index (κ3) is 8.75. The van der Waals surface area contributed by atoms with Crippen LogP contribution in [0.3, 0.4) is 0 Å². The molecule has 1 unspecified atom stereocenters. The Hall–Kier alpha value is -5.66. The zero-order valence-electron chi connectivity index (χ0n) is 31.8. The molecule has 1 atom stereocenters. The van der Waals surface area contributed by atoms with Crippen LogP contribution in [0.5, 0.6) is 5.75 Å². The van der Waals surface area contributed by atoms with Gasteiger partial charge in [-0.1, -0.05) is 101 Å². The van der Waals surface area contributed by atoms with Crippen molar-refractivity contribution in [1.82, 2.24) is 0 Å². The van der Waals surface area contributed by atoms with Gasteiger partial charge in [-0.25, -0.2) is 0 Å². The first kappa shape index (κ1) is 41.1. The quantitative estimate of drug-likeness (QED) is 0.178. The van der Waals surface area contributed by atoms with E-state index in [1.54, 1.807) is 44.6 Å². The van der Waals surface area contributed by atoms with E-state index in [1.807, 2.05) is 18.2 Å². The Balaban J connectivity index is 1.81. The van der Waals surface area contributed by atoms with Gasteiger partial charge in [-0.05, 0) is 54.4 Å². The first-order valence-corrected chi connectivity index (χ1v) is 18.1. The van der Waals surface area contributed by atoms with Gasteiger partial charge in [0.15, 0.2) is 11.3 Å². The average molecular weight is 737 g/mol. The van der Waals surface area contributed by atoms with Gasteiger partial charge in [0.2, 0.25) is 0 Å². The van der Waals surface area contributed by atoms with E-state index in [0.29, 0.717) is 18.6 Å². The number of methoxy groups -OCH3 is 2. The number of ether oxygens (including phenoxy) is 3. The van der Waals surface area contributed by atoms with E-state index >= 15 is 13.2 Å². The second-order valence-corrected chi connectivity index (χ2v) is 14.1. The van der Waals surface area contributed by atoms with E-state index < -0.39 is 34.3 Å². The van der Waals surface area contributed by atoms with Crippen LogP contribution in [-0.4, -0.2) is 33.5 Å². The van der Waals surface area contributed by atoms with E-state index in [9.17, 15) is 15.8 Å². The number of nitriles is 3. The highest BCUT2D eigenvalue weighted by molar-refractivity contribution is 5.66. The lowest BCUT2D eigenvalue weighted by atomic mass is 9.74. The molecular weight excluding hydrogens is 690 g/mol. The van der Waals surface area contributed by atoms with Crippen molar-refractivity contribution in [3.05, 3.63) is 123 Å². The Morgan fingerprint density at radius 3 is 2.13 bits per heavy atom. The summed E-state index contributed by atoms with van der Waals surface area (Å²) in [4.78, 5) is 2.40. The summed E-state index contributed by atoms with van der Waals surface area (Å²) in [5.74, 6) is 0.624. The Kier molecular flexibility index (Phi) is 13.6. The molecule has 0 amide bonds. The molecule has 2 aliphatic rings. The van der Waals surface area contributed by atoms with Crippen LogP contribution >= 0.6 is 0 Å². The van der Waals surface area contributed by atoms with Crippen molar-refractivity contribution in [2.75, 3.05) is 32.2 Å². The predicted octanol–water partition coefficient (Wildman–Crippen LogP) is 10.9. The molecule has 0 saturated heterocycles. The smallest absolute Gasteiger partial charge is 0.437 e. The molecule has 2 aromatic carbocycles. The number of allylic oxidation sites excluding steroid dienone is 7. The molecular formula is C44H47F3N4O3. The van der Waals surface area contributed by atoms with E-state index in [-0.39, 0.29) is 11.0 Å². The monoisotopic (exact) mass is 736 g/mol. The molecule has 4 rings (SSSR count). The Morgan fingerprint density at radius 2 is 1.57 bits per heavy atom. The Morgan fingerprint density at radius 1 is 0.907 bits per heavy atom. The van der Waals surface area contributed by atoms with Crippen LogP contribution in [0.15, 0.2) is 112 Å². The third-order valence-corrected chi connectivity index (χ3v) is 9.57. The number of anilines is 1. The fraction of sp³-hybridized carbons (Fsp3) is 0.386. The van der Waals surface area contributed by atoms with Crippen molar-refractivity contribution in [3.63, 3.8) is 0 Å². The van der Waals surface area contributed by atoms with Gasteiger partial charge >= 0.3 is 6.18 Å². The summed E-state index contributed by atoms with van der Waals surface area (Å²) in [6.07, 6.45) is 8.85. The molecule has 0 fully saturated rings. The SMILES string of the molecule is CCCCN(CCCC)c1ccc(/C=C/C2=C(OC)C(=C/C=C/C3=C(C#N)C(=C(C#N)C#N)OC3(c3ccccc3)C(F)(F)F)/CC(C)(C)C2)c(OC)c1. The van der Waals surface area contributed by atoms with Crippen LogP contribution in [-0.2, 0) is 15.1 Å². The highest BCUT2D eigenvalue weighted by atomic mass is 19.4. The lowest BCUT2D eigenvalue weighted by Crippen LogP contribution is -2.43. The summed E-state index contributed by atoms with van der Waals surface area (Å²) < 4.78 is 63.0. The molecule has 1 aliphatic carbocycles. The first-order valence-electron chi connectivity index (χ1n) is 18.1. The van der Waals surface area contributed by atoms with Crippen LogP contribution in [0.25, 0.3) is 6.08 Å². The molecule has 1 aliphatic heterocycles. The topological polar surface area (TPSA) is 102 Å². The van der Waals surface area contributed by atoms with Crippen molar-refractivity contribution < 1.29 is 27.4 Å².